The fourth-order valence-corrected chi connectivity index (χ4v) is 1.34. The van der Waals surface area contributed by atoms with Gasteiger partial charge in [-0.05, 0) is 12.8 Å². The highest BCUT2D eigenvalue weighted by molar-refractivity contribution is 5.78. The molecule has 0 aromatic rings. The smallest absolute Gasteiger partial charge is 0.220 e. The van der Waals surface area contributed by atoms with Crippen LogP contribution in [-0.2, 0) is 4.79 Å². The second-order valence-electron chi connectivity index (χ2n) is 2.73. The Hall–Kier alpha value is -0.530. The predicted molar refractivity (Wildman–Crippen MR) is 36.0 cm³/mol. The molecule has 2 unspecified atom stereocenters. The van der Waals surface area contributed by atoms with Gasteiger partial charge in [0.25, 0.3) is 0 Å². The number of nitrogens with one attached hydrogen (secondary N) is 1. The van der Waals surface area contributed by atoms with Gasteiger partial charge in [-0.3, -0.25) is 4.79 Å². The zero-order chi connectivity index (χ0) is 6.85. The number of hydrogen-bond donors (Lipinski definition) is 1. The number of carbonyl (C=O) groups is 1. The van der Waals surface area contributed by atoms with Crippen LogP contribution in [0.4, 0.5) is 0 Å². The molecule has 2 heteroatoms. The van der Waals surface area contributed by atoms with Crippen LogP contribution in [0, 0.1) is 5.92 Å². The van der Waals surface area contributed by atoms with Crippen molar-refractivity contribution >= 4 is 5.91 Å². The van der Waals surface area contributed by atoms with E-state index >= 15 is 0 Å². The van der Waals surface area contributed by atoms with Crippen LogP contribution in [-0.4, -0.2) is 11.9 Å². The van der Waals surface area contributed by atoms with Crippen LogP contribution in [0.3, 0.4) is 0 Å². The molecule has 1 saturated heterocycles. The molecule has 1 N–H and O–H groups in total. The first-order valence-electron chi connectivity index (χ1n) is 3.53. The van der Waals surface area contributed by atoms with E-state index in [-0.39, 0.29) is 5.91 Å². The highest BCUT2D eigenvalue weighted by Crippen LogP contribution is 2.18. The third kappa shape index (κ3) is 1.23. The lowest BCUT2D eigenvalue weighted by atomic mass is 9.99. The normalized spacial score (nSPS) is 34.7. The summed E-state index contributed by atoms with van der Waals surface area (Å²) in [6.07, 6.45) is 1.84. The average molecular weight is 127 g/mol. The first-order chi connectivity index (χ1) is 4.24. The van der Waals surface area contributed by atoms with Gasteiger partial charge in [0.05, 0.1) is 0 Å². The van der Waals surface area contributed by atoms with Crippen molar-refractivity contribution in [3.63, 3.8) is 0 Å². The van der Waals surface area contributed by atoms with E-state index in [1.165, 1.54) is 0 Å². The van der Waals surface area contributed by atoms with E-state index in [1.54, 1.807) is 0 Å². The van der Waals surface area contributed by atoms with Crippen LogP contribution in [0.15, 0.2) is 0 Å². The molecule has 1 rings (SSSR count). The average Bonchev–Trinajstić information content (AvgIpc) is 2.10. The van der Waals surface area contributed by atoms with Gasteiger partial charge < -0.3 is 5.32 Å². The molecule has 1 amide bonds. The summed E-state index contributed by atoms with van der Waals surface area (Å²) >= 11 is 0. The van der Waals surface area contributed by atoms with Gasteiger partial charge in [-0.2, -0.15) is 0 Å². The topological polar surface area (TPSA) is 29.1 Å². The molecule has 0 spiro atoms. The highest BCUT2D eigenvalue weighted by atomic mass is 16.1. The Morgan fingerprint density at radius 1 is 1.78 bits per heavy atom. The van der Waals surface area contributed by atoms with Crippen LogP contribution in [0.2, 0.25) is 0 Å². The largest absolute Gasteiger partial charge is 0.353 e. The van der Waals surface area contributed by atoms with Gasteiger partial charge in [0.1, 0.15) is 0 Å². The predicted octanol–water partition coefficient (Wildman–Crippen LogP) is 0.921. The fraction of sp³-hybridized carbons (Fsp3) is 0.857. The van der Waals surface area contributed by atoms with Crippen molar-refractivity contribution in [3.8, 4) is 0 Å². The van der Waals surface area contributed by atoms with Crippen molar-refractivity contribution < 1.29 is 4.79 Å². The van der Waals surface area contributed by atoms with Gasteiger partial charge in [-0.1, -0.05) is 13.3 Å². The van der Waals surface area contributed by atoms with Gasteiger partial charge >= 0.3 is 0 Å². The highest BCUT2D eigenvalue weighted by Gasteiger charge is 2.26. The van der Waals surface area contributed by atoms with Gasteiger partial charge in [-0.15, -0.1) is 0 Å². The fourth-order valence-electron chi connectivity index (χ4n) is 1.34. The second-order valence-corrected chi connectivity index (χ2v) is 2.73. The summed E-state index contributed by atoms with van der Waals surface area (Å²) in [6, 6.07) is 0.405. The van der Waals surface area contributed by atoms with Gasteiger partial charge in [-0.25, -0.2) is 0 Å². The van der Waals surface area contributed by atoms with Crippen LogP contribution in [0.1, 0.15) is 26.7 Å². The molecule has 52 valence electrons. The Kier molecular flexibility index (Phi) is 1.74. The van der Waals surface area contributed by atoms with E-state index in [0.29, 0.717) is 12.0 Å². The zero-order valence-electron chi connectivity index (χ0n) is 5.98. The van der Waals surface area contributed by atoms with E-state index in [0.717, 1.165) is 12.8 Å². The van der Waals surface area contributed by atoms with Crippen molar-refractivity contribution in [2.75, 3.05) is 0 Å². The summed E-state index contributed by atoms with van der Waals surface area (Å²) in [5.74, 6) is 0.798. The van der Waals surface area contributed by atoms with Gasteiger partial charge in [0.15, 0.2) is 0 Å². The van der Waals surface area contributed by atoms with E-state index in [2.05, 4.69) is 19.2 Å². The molecule has 2 nitrogen and oxygen atoms in total. The molecule has 9 heavy (non-hydrogen) atoms. The number of amides is 1. The van der Waals surface area contributed by atoms with Crippen molar-refractivity contribution in [2.45, 2.75) is 32.7 Å². The minimum absolute atomic E-state index is 0.217. The first-order valence-corrected chi connectivity index (χ1v) is 3.53. The molecule has 0 saturated carbocycles. The van der Waals surface area contributed by atoms with E-state index in [1.807, 2.05) is 0 Å². The number of rotatable bonds is 1. The second kappa shape index (κ2) is 2.38. The molecule has 1 aliphatic rings. The summed E-state index contributed by atoms with van der Waals surface area (Å²) in [5, 5.41) is 2.88. The minimum atomic E-state index is 0.217. The number of hydrogen-bond acceptors (Lipinski definition) is 1. The minimum Gasteiger partial charge on any atom is -0.353 e. The summed E-state index contributed by atoms with van der Waals surface area (Å²) in [4.78, 5) is 10.7. The molecule has 0 aliphatic carbocycles. The van der Waals surface area contributed by atoms with Crippen molar-refractivity contribution in [1.82, 2.24) is 5.32 Å². The summed E-state index contributed by atoms with van der Waals surface area (Å²) < 4.78 is 0. The van der Waals surface area contributed by atoms with Crippen LogP contribution in [0.25, 0.3) is 0 Å². The Balaban J connectivity index is 2.47. The SMILES string of the molecule is CCC1CC(=O)NC1C. The molecule has 1 aliphatic heterocycles. The Bertz CT molecular complexity index is 122. The Morgan fingerprint density at radius 2 is 2.44 bits per heavy atom. The quantitative estimate of drug-likeness (QED) is 0.557. The molecule has 0 bridgehead atoms. The van der Waals surface area contributed by atoms with Crippen LogP contribution >= 0.6 is 0 Å². The molecule has 2 atom stereocenters. The van der Waals surface area contributed by atoms with Gasteiger partial charge in [0.2, 0.25) is 5.91 Å². The maximum atomic E-state index is 10.7. The molecular formula is C7H13NO. The maximum Gasteiger partial charge on any atom is 0.220 e. The van der Waals surface area contributed by atoms with Gasteiger partial charge in [0, 0.05) is 12.5 Å². The van der Waals surface area contributed by atoms with Crippen LogP contribution < -0.4 is 5.32 Å². The lowest BCUT2D eigenvalue weighted by Gasteiger charge is -2.09. The zero-order valence-corrected chi connectivity index (χ0v) is 5.98. The van der Waals surface area contributed by atoms with E-state index < -0.39 is 0 Å². The van der Waals surface area contributed by atoms with E-state index in [9.17, 15) is 4.79 Å². The standard InChI is InChI=1S/C7H13NO/c1-3-6-4-7(9)8-5(6)2/h5-6H,3-4H2,1-2H3,(H,8,9). The molecule has 1 fully saturated rings. The van der Waals surface area contributed by atoms with Crippen molar-refractivity contribution in [3.05, 3.63) is 0 Å². The first kappa shape index (κ1) is 6.59. The Labute approximate surface area is 55.6 Å². The van der Waals surface area contributed by atoms with Crippen molar-refractivity contribution in [2.24, 2.45) is 5.92 Å². The molecule has 0 aromatic heterocycles. The van der Waals surface area contributed by atoms with Crippen molar-refractivity contribution in [1.29, 1.82) is 0 Å². The maximum absolute atomic E-state index is 10.7. The third-order valence-electron chi connectivity index (χ3n) is 2.07. The molecule has 1 heterocycles. The molecular weight excluding hydrogens is 114 g/mol. The Morgan fingerprint density at radius 3 is 2.67 bits per heavy atom. The lowest BCUT2D eigenvalue weighted by Crippen LogP contribution is -2.24. The molecule has 0 radical (unpaired) electrons. The third-order valence-corrected chi connectivity index (χ3v) is 2.07. The monoisotopic (exact) mass is 127 g/mol. The van der Waals surface area contributed by atoms with E-state index in [4.69, 9.17) is 0 Å². The lowest BCUT2D eigenvalue weighted by molar-refractivity contribution is -0.119. The summed E-state index contributed by atoms with van der Waals surface area (Å²) in [5.41, 5.74) is 0. The summed E-state index contributed by atoms with van der Waals surface area (Å²) in [7, 11) is 0. The van der Waals surface area contributed by atoms with Crippen LogP contribution in [0.5, 0.6) is 0 Å². The molecule has 0 aromatic carbocycles. The number of carbonyl (C=O) groups excluding carboxylic acids is 1. The summed E-state index contributed by atoms with van der Waals surface area (Å²) in [6.45, 7) is 4.19.